The number of carbonyl (C=O) groups excluding carboxylic acids is 1. The van der Waals surface area contributed by atoms with Gasteiger partial charge < -0.3 is 11.1 Å². The summed E-state index contributed by atoms with van der Waals surface area (Å²) >= 11 is 2.05. The van der Waals surface area contributed by atoms with Crippen LogP contribution >= 0.6 is 36.6 Å². The van der Waals surface area contributed by atoms with Gasteiger partial charge in [0.1, 0.15) is 0 Å². The molecule has 1 aliphatic carbocycles. The van der Waals surface area contributed by atoms with Crippen LogP contribution in [0.15, 0.2) is 24.3 Å². The Morgan fingerprint density at radius 3 is 2.44 bits per heavy atom. The van der Waals surface area contributed by atoms with Gasteiger partial charge in [-0.1, -0.05) is 37.5 Å². The number of nitrogens with two attached hydrogens (primary N) is 1. The number of nitrogens with one attached hydrogen (secondary N) is 1. The van der Waals surface area contributed by atoms with Crippen molar-refractivity contribution in [2.24, 2.45) is 0 Å². The first-order valence-corrected chi connectivity index (χ1v) is 10.8. The zero-order chi connectivity index (χ0) is 17.5. The van der Waals surface area contributed by atoms with Gasteiger partial charge in [-0.25, -0.2) is 0 Å². The Kier molecular flexibility index (Phi) is 10.9. The van der Waals surface area contributed by atoms with Gasteiger partial charge in [0.05, 0.1) is 0 Å². The highest BCUT2D eigenvalue weighted by Gasteiger charge is 2.38. The molecule has 7 heteroatoms. The lowest BCUT2D eigenvalue weighted by molar-refractivity contribution is -0.122. The number of hydrogen-bond acceptors (Lipinski definition) is 4. The number of nitrogens with zero attached hydrogens (tertiary/aromatic N) is 1. The Hall–Kier alpha value is -0.620. The van der Waals surface area contributed by atoms with E-state index >= 15 is 0 Å². The number of thioether (sulfide) groups is 1. The van der Waals surface area contributed by atoms with E-state index in [1.54, 1.807) is 0 Å². The van der Waals surface area contributed by atoms with E-state index in [1.807, 2.05) is 24.3 Å². The number of aryl methyl sites for hydroxylation is 1. The highest BCUT2D eigenvalue weighted by Crippen LogP contribution is 2.34. The summed E-state index contributed by atoms with van der Waals surface area (Å²) in [6.45, 7) is 3.14. The molecule has 3 N–H and O–H groups in total. The van der Waals surface area contributed by atoms with Crippen LogP contribution < -0.4 is 11.1 Å². The van der Waals surface area contributed by atoms with Gasteiger partial charge in [0, 0.05) is 48.8 Å². The summed E-state index contributed by atoms with van der Waals surface area (Å²) in [5.41, 5.74) is 8.02. The third-order valence-electron chi connectivity index (χ3n) is 5.76. The van der Waals surface area contributed by atoms with E-state index in [4.69, 9.17) is 5.73 Å². The zero-order valence-electron chi connectivity index (χ0n) is 16.0. The van der Waals surface area contributed by atoms with Crippen LogP contribution in [0.4, 0.5) is 5.69 Å². The van der Waals surface area contributed by atoms with Crippen LogP contribution in [0.3, 0.4) is 0 Å². The zero-order valence-corrected chi connectivity index (χ0v) is 18.4. The van der Waals surface area contributed by atoms with Crippen molar-refractivity contribution < 1.29 is 4.79 Å². The summed E-state index contributed by atoms with van der Waals surface area (Å²) in [6.07, 6.45) is 7.60. The molecule has 0 spiro atoms. The maximum atomic E-state index is 12.4. The van der Waals surface area contributed by atoms with Crippen molar-refractivity contribution in [3.63, 3.8) is 0 Å². The number of nitrogen functional groups attached to an aromatic ring is 1. The van der Waals surface area contributed by atoms with Crippen molar-refractivity contribution in [1.29, 1.82) is 0 Å². The second kappa shape index (κ2) is 12.1. The summed E-state index contributed by atoms with van der Waals surface area (Å²) in [5, 5.41) is 3.25. The highest BCUT2D eigenvalue weighted by atomic mass is 35.5. The first-order chi connectivity index (χ1) is 12.2. The molecule has 1 heterocycles. The minimum atomic E-state index is 0. The Bertz CT molecular complexity index is 576. The molecule has 0 atom stereocenters. The quantitative estimate of drug-likeness (QED) is 0.667. The molecule has 2 aliphatic rings. The normalized spacial score (nSPS) is 19.4. The molecule has 4 nitrogen and oxygen atoms in total. The van der Waals surface area contributed by atoms with E-state index in [0.717, 1.165) is 17.8 Å². The number of anilines is 1. The van der Waals surface area contributed by atoms with Crippen LogP contribution in [0.5, 0.6) is 0 Å². The smallest absolute Gasteiger partial charge is 0.220 e. The third kappa shape index (κ3) is 6.74. The van der Waals surface area contributed by atoms with Crippen molar-refractivity contribution in [2.75, 3.05) is 36.9 Å². The van der Waals surface area contributed by atoms with E-state index in [9.17, 15) is 4.79 Å². The molecule has 27 heavy (non-hydrogen) atoms. The van der Waals surface area contributed by atoms with Crippen molar-refractivity contribution in [1.82, 2.24) is 10.2 Å². The second-order valence-corrected chi connectivity index (χ2v) is 8.58. The minimum Gasteiger partial charge on any atom is -0.399 e. The Morgan fingerprint density at radius 2 is 1.78 bits per heavy atom. The monoisotopic (exact) mass is 433 g/mol. The van der Waals surface area contributed by atoms with Crippen LogP contribution in [0.25, 0.3) is 0 Å². The lowest BCUT2D eigenvalue weighted by Crippen LogP contribution is -2.58. The van der Waals surface area contributed by atoms with Gasteiger partial charge >= 0.3 is 0 Å². The second-order valence-electron chi connectivity index (χ2n) is 7.36. The predicted octanol–water partition coefficient (Wildman–Crippen LogP) is 3.91. The molecule has 0 aromatic heterocycles. The van der Waals surface area contributed by atoms with E-state index in [1.165, 1.54) is 56.7 Å². The van der Waals surface area contributed by atoms with E-state index in [0.29, 0.717) is 12.8 Å². The third-order valence-corrected chi connectivity index (χ3v) is 6.70. The molecule has 0 unspecified atom stereocenters. The average molecular weight is 434 g/mol. The number of para-hydroxylation sites is 1. The van der Waals surface area contributed by atoms with Crippen LogP contribution in [0.1, 0.15) is 44.1 Å². The molecule has 1 saturated heterocycles. The molecule has 1 saturated carbocycles. The molecule has 154 valence electrons. The fourth-order valence-electron chi connectivity index (χ4n) is 4.21. The summed E-state index contributed by atoms with van der Waals surface area (Å²) in [6, 6.07) is 7.83. The first-order valence-electron chi connectivity index (χ1n) is 9.62. The Labute approximate surface area is 180 Å². The van der Waals surface area contributed by atoms with E-state index in [2.05, 4.69) is 22.0 Å². The van der Waals surface area contributed by atoms with Crippen LogP contribution in [0, 0.1) is 0 Å². The molecule has 1 aliphatic heterocycles. The number of amides is 1. The topological polar surface area (TPSA) is 58.4 Å². The largest absolute Gasteiger partial charge is 0.399 e. The Balaban J connectivity index is 0.00000182. The summed E-state index contributed by atoms with van der Waals surface area (Å²) in [5.74, 6) is 2.60. The molecule has 2 fully saturated rings. The minimum absolute atomic E-state index is 0. The van der Waals surface area contributed by atoms with Gasteiger partial charge in [-0.2, -0.15) is 11.8 Å². The number of benzene rings is 1. The summed E-state index contributed by atoms with van der Waals surface area (Å²) in [7, 11) is 0. The van der Waals surface area contributed by atoms with Crippen LogP contribution in [-0.4, -0.2) is 47.5 Å². The fraction of sp³-hybridized carbons (Fsp3) is 0.650. The standard InChI is InChI=1S/C20H31N3OS.2ClH/c21-18-7-3-2-6-17(18)8-9-19(24)22-16-20(10-4-1-5-11-20)23-12-14-25-15-13-23;;/h2-3,6-7H,1,4-5,8-16,21H2,(H,22,24);2*1H. The fourth-order valence-corrected chi connectivity index (χ4v) is 5.12. The van der Waals surface area contributed by atoms with Gasteiger partial charge in [-0.15, -0.1) is 24.8 Å². The van der Waals surface area contributed by atoms with Crippen molar-refractivity contribution in [2.45, 2.75) is 50.5 Å². The molecule has 1 amide bonds. The maximum absolute atomic E-state index is 12.4. The predicted molar refractivity (Wildman–Crippen MR) is 121 cm³/mol. The maximum Gasteiger partial charge on any atom is 0.220 e. The van der Waals surface area contributed by atoms with Gasteiger partial charge in [0.25, 0.3) is 0 Å². The number of rotatable bonds is 6. The Morgan fingerprint density at radius 1 is 1.11 bits per heavy atom. The molecule has 1 aromatic rings. The number of carbonyl (C=O) groups is 1. The first kappa shape index (κ1) is 24.4. The number of hydrogen-bond donors (Lipinski definition) is 2. The summed E-state index contributed by atoms with van der Waals surface area (Å²) in [4.78, 5) is 15.1. The number of halogens is 2. The van der Waals surface area contributed by atoms with Crippen molar-refractivity contribution in [3.8, 4) is 0 Å². The average Bonchev–Trinajstić information content (AvgIpc) is 2.67. The molecule has 0 bridgehead atoms. The molecular formula is C20H33Cl2N3OS. The van der Waals surface area contributed by atoms with Gasteiger partial charge in [-0.05, 0) is 30.9 Å². The van der Waals surface area contributed by atoms with E-state index in [-0.39, 0.29) is 36.3 Å². The van der Waals surface area contributed by atoms with Gasteiger partial charge in [0.2, 0.25) is 5.91 Å². The van der Waals surface area contributed by atoms with Crippen molar-refractivity contribution >= 4 is 48.2 Å². The van der Waals surface area contributed by atoms with Crippen LogP contribution in [-0.2, 0) is 11.2 Å². The van der Waals surface area contributed by atoms with Crippen LogP contribution in [0.2, 0.25) is 0 Å². The molecular weight excluding hydrogens is 401 g/mol. The summed E-state index contributed by atoms with van der Waals surface area (Å²) < 4.78 is 0. The molecule has 3 rings (SSSR count). The van der Waals surface area contributed by atoms with Gasteiger partial charge in [-0.3, -0.25) is 9.69 Å². The SMILES string of the molecule is Cl.Cl.Nc1ccccc1CCC(=O)NCC1(N2CCSCC2)CCCCC1. The lowest BCUT2D eigenvalue weighted by Gasteiger charge is -2.48. The van der Waals surface area contributed by atoms with Gasteiger partial charge in [0.15, 0.2) is 0 Å². The highest BCUT2D eigenvalue weighted by molar-refractivity contribution is 7.99. The van der Waals surface area contributed by atoms with Crippen molar-refractivity contribution in [3.05, 3.63) is 29.8 Å². The molecule has 1 aromatic carbocycles. The molecule has 0 radical (unpaired) electrons. The van der Waals surface area contributed by atoms with E-state index < -0.39 is 0 Å². The lowest BCUT2D eigenvalue weighted by atomic mass is 9.80.